The van der Waals surface area contributed by atoms with Gasteiger partial charge in [0.2, 0.25) is 0 Å². The summed E-state index contributed by atoms with van der Waals surface area (Å²) in [6.45, 7) is 4.03. The van der Waals surface area contributed by atoms with Crippen molar-refractivity contribution in [2.45, 2.75) is 26.7 Å². The number of nitrogens with zero attached hydrogens (tertiary/aromatic N) is 1. The molecular weight excluding hydrogens is 114 g/mol. The summed E-state index contributed by atoms with van der Waals surface area (Å²) in [6, 6.07) is 0. The quantitative estimate of drug-likeness (QED) is 0.485. The van der Waals surface area contributed by atoms with E-state index < -0.39 is 0 Å². The largest absolute Gasteiger partial charge is 0.365 e. The summed E-state index contributed by atoms with van der Waals surface area (Å²) in [5.74, 6) is 0. The van der Waals surface area contributed by atoms with Crippen LogP contribution >= 0.6 is 0 Å². The van der Waals surface area contributed by atoms with Crippen LogP contribution in [0.2, 0.25) is 0 Å². The average Bonchev–Trinajstić information content (AvgIpc) is 1.97. The lowest BCUT2D eigenvalue weighted by Crippen LogP contribution is -1.88. The second kappa shape index (κ2) is 2.67. The summed E-state index contributed by atoms with van der Waals surface area (Å²) in [5.41, 5.74) is 2.33. The maximum atomic E-state index is 4.84. The number of rotatable bonds is 0. The molecule has 0 fully saturated rings. The van der Waals surface area contributed by atoms with Crippen molar-refractivity contribution in [2.24, 2.45) is 5.16 Å². The lowest BCUT2D eigenvalue weighted by Gasteiger charge is -1.91. The predicted molar refractivity (Wildman–Crippen MR) is 37.2 cm³/mol. The number of oxime groups is 1. The molecule has 0 aromatic carbocycles. The van der Waals surface area contributed by atoms with Crippen LogP contribution < -0.4 is 0 Å². The van der Waals surface area contributed by atoms with Gasteiger partial charge in [0.15, 0.2) is 0 Å². The molecule has 1 aliphatic heterocycles. The van der Waals surface area contributed by atoms with E-state index in [4.69, 9.17) is 4.84 Å². The fourth-order valence-electron chi connectivity index (χ4n) is 0.689. The van der Waals surface area contributed by atoms with Crippen molar-refractivity contribution in [1.29, 1.82) is 0 Å². The first-order chi connectivity index (χ1) is 4.29. The van der Waals surface area contributed by atoms with Gasteiger partial charge in [-0.2, -0.15) is 0 Å². The van der Waals surface area contributed by atoms with Gasteiger partial charge in [0.25, 0.3) is 0 Å². The van der Waals surface area contributed by atoms with Gasteiger partial charge in [0.05, 0.1) is 5.71 Å². The maximum absolute atomic E-state index is 4.84. The zero-order valence-corrected chi connectivity index (χ0v) is 5.85. The molecule has 2 nitrogen and oxygen atoms in total. The van der Waals surface area contributed by atoms with E-state index in [0.717, 1.165) is 18.6 Å². The summed E-state index contributed by atoms with van der Waals surface area (Å²) in [5, 5.41) is 3.81. The molecule has 0 spiro atoms. The summed E-state index contributed by atoms with van der Waals surface area (Å²) in [7, 11) is 0. The Labute approximate surface area is 55.2 Å². The van der Waals surface area contributed by atoms with Crippen molar-refractivity contribution in [3.63, 3.8) is 0 Å². The summed E-state index contributed by atoms with van der Waals surface area (Å²) in [4.78, 5) is 4.84. The normalized spacial score (nSPS) is 19.3. The van der Waals surface area contributed by atoms with Crippen molar-refractivity contribution in [2.75, 3.05) is 0 Å². The Morgan fingerprint density at radius 2 is 2.22 bits per heavy atom. The molecule has 1 heterocycles. The van der Waals surface area contributed by atoms with Gasteiger partial charge in [-0.15, -0.1) is 0 Å². The Balaban J connectivity index is 2.54. The fourth-order valence-corrected chi connectivity index (χ4v) is 0.689. The lowest BCUT2D eigenvalue weighted by atomic mass is 10.1. The second-order valence-electron chi connectivity index (χ2n) is 2.40. The summed E-state index contributed by atoms with van der Waals surface area (Å²) >= 11 is 0. The van der Waals surface area contributed by atoms with Gasteiger partial charge in [-0.3, -0.25) is 0 Å². The van der Waals surface area contributed by atoms with E-state index in [1.165, 1.54) is 5.57 Å². The lowest BCUT2D eigenvalue weighted by molar-refractivity contribution is 0.266. The third kappa shape index (κ3) is 1.88. The number of allylic oxidation sites excluding steroid dienone is 1. The van der Waals surface area contributed by atoms with Crippen LogP contribution in [-0.2, 0) is 4.84 Å². The first kappa shape index (κ1) is 6.33. The molecule has 50 valence electrons. The SMILES string of the molecule is CC1=CON=C(C)CC1. The van der Waals surface area contributed by atoms with E-state index in [1.807, 2.05) is 13.8 Å². The van der Waals surface area contributed by atoms with Crippen LogP contribution in [0.4, 0.5) is 0 Å². The van der Waals surface area contributed by atoms with E-state index in [2.05, 4.69) is 5.16 Å². The van der Waals surface area contributed by atoms with Crippen molar-refractivity contribution < 1.29 is 4.84 Å². The molecule has 0 radical (unpaired) electrons. The Morgan fingerprint density at radius 1 is 1.44 bits per heavy atom. The molecule has 2 heteroatoms. The molecule has 1 aliphatic rings. The minimum atomic E-state index is 1.03. The molecule has 0 aromatic heterocycles. The minimum absolute atomic E-state index is 1.03. The van der Waals surface area contributed by atoms with Gasteiger partial charge < -0.3 is 4.84 Å². The first-order valence-electron chi connectivity index (χ1n) is 3.14. The van der Waals surface area contributed by atoms with Crippen molar-refractivity contribution >= 4 is 5.71 Å². The highest BCUT2D eigenvalue weighted by atomic mass is 16.6. The third-order valence-electron chi connectivity index (χ3n) is 1.34. The standard InChI is InChI=1S/C7H11NO/c1-6-3-4-7(2)8-9-5-6/h5H,3-4H2,1-2H3. The van der Waals surface area contributed by atoms with Crippen LogP contribution in [0.5, 0.6) is 0 Å². The van der Waals surface area contributed by atoms with Gasteiger partial charge in [-0.05, 0) is 32.3 Å². The van der Waals surface area contributed by atoms with Crippen molar-refractivity contribution in [3.05, 3.63) is 11.8 Å². The van der Waals surface area contributed by atoms with Crippen LogP contribution in [0, 0.1) is 0 Å². The molecule has 9 heavy (non-hydrogen) atoms. The van der Waals surface area contributed by atoms with Gasteiger partial charge in [-0.1, -0.05) is 5.16 Å². The molecule has 0 saturated carbocycles. The Hall–Kier alpha value is -0.790. The second-order valence-corrected chi connectivity index (χ2v) is 2.40. The highest BCUT2D eigenvalue weighted by Gasteiger charge is 1.98. The van der Waals surface area contributed by atoms with Crippen LogP contribution in [-0.4, -0.2) is 5.71 Å². The highest BCUT2D eigenvalue weighted by molar-refractivity contribution is 5.81. The number of hydrogen-bond acceptors (Lipinski definition) is 2. The Morgan fingerprint density at radius 3 is 3.00 bits per heavy atom. The molecular formula is C7H11NO. The van der Waals surface area contributed by atoms with Crippen LogP contribution in [0.25, 0.3) is 0 Å². The Bertz CT molecular complexity index is 140. The van der Waals surface area contributed by atoms with Gasteiger partial charge in [0.1, 0.15) is 6.26 Å². The monoisotopic (exact) mass is 125 g/mol. The topological polar surface area (TPSA) is 21.6 Å². The van der Waals surface area contributed by atoms with Crippen molar-refractivity contribution in [1.82, 2.24) is 0 Å². The zero-order valence-electron chi connectivity index (χ0n) is 5.85. The van der Waals surface area contributed by atoms with E-state index in [-0.39, 0.29) is 0 Å². The van der Waals surface area contributed by atoms with E-state index in [9.17, 15) is 0 Å². The first-order valence-corrected chi connectivity index (χ1v) is 3.14. The summed E-state index contributed by atoms with van der Waals surface area (Å²) < 4.78 is 0. The van der Waals surface area contributed by atoms with Crippen LogP contribution in [0.1, 0.15) is 26.7 Å². The molecule has 1 rings (SSSR count). The highest BCUT2D eigenvalue weighted by Crippen LogP contribution is 2.08. The molecule has 0 saturated heterocycles. The van der Waals surface area contributed by atoms with Gasteiger partial charge in [-0.25, -0.2) is 0 Å². The molecule has 0 aliphatic carbocycles. The molecule has 0 amide bonds. The van der Waals surface area contributed by atoms with E-state index in [0.29, 0.717) is 0 Å². The zero-order chi connectivity index (χ0) is 6.69. The van der Waals surface area contributed by atoms with Gasteiger partial charge >= 0.3 is 0 Å². The average molecular weight is 125 g/mol. The van der Waals surface area contributed by atoms with E-state index >= 15 is 0 Å². The van der Waals surface area contributed by atoms with Gasteiger partial charge in [0, 0.05) is 0 Å². The van der Waals surface area contributed by atoms with Crippen molar-refractivity contribution in [3.8, 4) is 0 Å². The molecule has 0 bridgehead atoms. The fraction of sp³-hybridized carbons (Fsp3) is 0.571. The smallest absolute Gasteiger partial charge is 0.121 e. The number of hydrogen-bond donors (Lipinski definition) is 0. The molecule has 0 aromatic rings. The van der Waals surface area contributed by atoms with E-state index in [1.54, 1.807) is 6.26 Å². The van der Waals surface area contributed by atoms with Crippen LogP contribution in [0.3, 0.4) is 0 Å². The maximum Gasteiger partial charge on any atom is 0.121 e. The Kier molecular flexibility index (Phi) is 1.88. The molecule has 0 atom stereocenters. The van der Waals surface area contributed by atoms with Crippen LogP contribution in [0.15, 0.2) is 17.0 Å². The molecule has 0 unspecified atom stereocenters. The molecule has 0 N–H and O–H groups in total. The minimum Gasteiger partial charge on any atom is -0.365 e. The summed E-state index contributed by atoms with van der Waals surface area (Å²) in [6.07, 6.45) is 3.81. The predicted octanol–water partition coefficient (Wildman–Crippen LogP) is 2.08. The third-order valence-corrected chi connectivity index (χ3v) is 1.34.